The highest BCUT2D eigenvalue weighted by atomic mass is 32.2. The zero-order valence-corrected chi connectivity index (χ0v) is 26.2. The molecule has 1 unspecified atom stereocenters. The highest BCUT2D eigenvalue weighted by Crippen LogP contribution is 2.37. The van der Waals surface area contributed by atoms with Gasteiger partial charge in [-0.05, 0) is 80.8 Å². The minimum Gasteiger partial charge on any atom is -0.464 e. The number of hydrogen-bond donors (Lipinski definition) is 0. The molecule has 0 aliphatic carbocycles. The number of fused-ring (bicyclic) bond motifs is 1. The van der Waals surface area contributed by atoms with Crippen molar-refractivity contribution in [1.82, 2.24) is 14.5 Å². The molecule has 42 heavy (non-hydrogen) atoms. The van der Waals surface area contributed by atoms with Crippen LogP contribution in [0.25, 0.3) is 10.9 Å². The quantitative estimate of drug-likeness (QED) is 0.181. The number of carbonyl (C=O) groups is 1. The highest BCUT2D eigenvalue weighted by Gasteiger charge is 2.28. The second kappa shape index (κ2) is 15.5. The van der Waals surface area contributed by atoms with Gasteiger partial charge in [0.25, 0.3) is 0 Å². The highest BCUT2D eigenvalue weighted by molar-refractivity contribution is 8.03. The SMILES string of the molecule is C/C=C(/CN1CCC(Cc2c(C(=O)OC)n(CC(OC)OC)c3ccccc3c2=O)CC1)SC(CC)c1ccccn1. The lowest BCUT2D eigenvalue weighted by molar-refractivity contribution is -0.110. The molecule has 0 N–H and O–H groups in total. The molecule has 1 aliphatic rings. The molecule has 1 aromatic carbocycles. The third-order valence-electron chi connectivity index (χ3n) is 8.09. The van der Waals surface area contributed by atoms with Crippen molar-refractivity contribution in [2.45, 2.75) is 57.6 Å². The fraction of sp³-hybridized carbons (Fsp3) is 0.485. The first-order chi connectivity index (χ1) is 20.4. The number of para-hydroxylation sites is 1. The first kappa shape index (κ1) is 31.9. The summed E-state index contributed by atoms with van der Waals surface area (Å²) in [6.07, 6.45) is 6.93. The number of thioether (sulfide) groups is 1. The maximum absolute atomic E-state index is 13.8. The van der Waals surface area contributed by atoms with Crippen LogP contribution in [0.3, 0.4) is 0 Å². The maximum atomic E-state index is 13.8. The van der Waals surface area contributed by atoms with Crippen LogP contribution in [0, 0.1) is 5.92 Å². The van der Waals surface area contributed by atoms with Gasteiger partial charge in [-0.2, -0.15) is 0 Å². The van der Waals surface area contributed by atoms with Gasteiger partial charge in [0, 0.05) is 37.9 Å². The molecule has 4 rings (SSSR count). The van der Waals surface area contributed by atoms with Gasteiger partial charge < -0.3 is 18.8 Å². The van der Waals surface area contributed by atoms with E-state index in [9.17, 15) is 9.59 Å². The first-order valence-corrected chi connectivity index (χ1v) is 15.5. The van der Waals surface area contributed by atoms with Gasteiger partial charge >= 0.3 is 5.97 Å². The number of piperidine rings is 1. The van der Waals surface area contributed by atoms with E-state index in [0.29, 0.717) is 28.1 Å². The second-order valence-electron chi connectivity index (χ2n) is 10.6. The Labute approximate surface area is 253 Å². The van der Waals surface area contributed by atoms with Gasteiger partial charge in [-0.1, -0.05) is 31.2 Å². The number of esters is 1. The van der Waals surface area contributed by atoms with Crippen LogP contribution < -0.4 is 5.43 Å². The molecule has 1 atom stereocenters. The minimum atomic E-state index is -0.584. The van der Waals surface area contributed by atoms with Crippen LogP contribution in [0.15, 0.2) is 64.4 Å². The first-order valence-electron chi connectivity index (χ1n) is 14.7. The molecule has 1 aliphatic heterocycles. The summed E-state index contributed by atoms with van der Waals surface area (Å²) < 4.78 is 18.0. The summed E-state index contributed by atoms with van der Waals surface area (Å²) in [6, 6.07) is 13.5. The summed E-state index contributed by atoms with van der Waals surface area (Å²) in [7, 11) is 4.47. The third kappa shape index (κ3) is 7.50. The standard InChI is InChI=1S/C33H43N3O5S/c1-6-24(42-29(7-2)27-13-10-11-17-34-27)21-35-18-15-23(16-19-35)20-26-31(33(38)41-5)36(22-30(39-3)40-4)28-14-9-8-12-25(28)32(26)37/h6,8-14,17,23,29-30H,7,15-16,18-22H2,1-5H3/b24-6-. The number of nitrogens with zero attached hydrogens (tertiary/aromatic N) is 3. The maximum Gasteiger partial charge on any atom is 0.355 e. The lowest BCUT2D eigenvalue weighted by Gasteiger charge is -2.33. The van der Waals surface area contributed by atoms with Gasteiger partial charge in [0.1, 0.15) is 5.69 Å². The smallest absolute Gasteiger partial charge is 0.355 e. The van der Waals surface area contributed by atoms with E-state index in [1.807, 2.05) is 52.9 Å². The van der Waals surface area contributed by atoms with E-state index in [0.717, 1.165) is 44.6 Å². The Bertz CT molecular complexity index is 1410. The van der Waals surface area contributed by atoms with Crippen molar-refractivity contribution in [2.24, 2.45) is 5.92 Å². The number of benzene rings is 1. The minimum absolute atomic E-state index is 0.108. The van der Waals surface area contributed by atoms with Gasteiger partial charge in [0.05, 0.1) is 30.1 Å². The van der Waals surface area contributed by atoms with E-state index in [1.165, 1.54) is 12.0 Å². The number of allylic oxidation sites excluding steroid dienone is 1. The number of rotatable bonds is 13. The molecule has 0 spiro atoms. The number of methoxy groups -OCH3 is 3. The Morgan fingerprint density at radius 3 is 2.43 bits per heavy atom. The molecule has 0 radical (unpaired) electrons. The van der Waals surface area contributed by atoms with Gasteiger partial charge in [-0.25, -0.2) is 4.79 Å². The molecule has 1 saturated heterocycles. The summed E-state index contributed by atoms with van der Waals surface area (Å²) in [5.41, 5.74) is 2.47. The summed E-state index contributed by atoms with van der Waals surface area (Å²) in [5.74, 6) is -0.240. The van der Waals surface area contributed by atoms with Crippen molar-refractivity contribution in [3.63, 3.8) is 0 Å². The summed E-state index contributed by atoms with van der Waals surface area (Å²) in [6.45, 7) is 7.35. The van der Waals surface area contributed by atoms with Crippen LogP contribution in [-0.2, 0) is 27.2 Å². The van der Waals surface area contributed by atoms with E-state index in [-0.39, 0.29) is 23.6 Å². The molecular formula is C33H43N3O5S. The van der Waals surface area contributed by atoms with Crippen molar-refractivity contribution in [3.05, 3.63) is 86.8 Å². The van der Waals surface area contributed by atoms with E-state index >= 15 is 0 Å². The van der Waals surface area contributed by atoms with Crippen LogP contribution in [0.1, 0.15) is 60.1 Å². The van der Waals surface area contributed by atoms with Crippen molar-refractivity contribution >= 4 is 28.6 Å². The van der Waals surface area contributed by atoms with Crippen LogP contribution in [-0.4, -0.2) is 67.7 Å². The van der Waals surface area contributed by atoms with Crippen molar-refractivity contribution in [2.75, 3.05) is 41.0 Å². The molecule has 0 saturated carbocycles. The summed E-state index contributed by atoms with van der Waals surface area (Å²) in [4.78, 5) is 35.4. The summed E-state index contributed by atoms with van der Waals surface area (Å²) in [5, 5.41) is 0.911. The van der Waals surface area contributed by atoms with Crippen LogP contribution in [0.5, 0.6) is 0 Å². The molecule has 3 aromatic rings. The Kier molecular flexibility index (Phi) is 11.8. The lowest BCUT2D eigenvalue weighted by atomic mass is 9.88. The number of carbonyl (C=O) groups excluding carboxylic acids is 1. The average molecular weight is 594 g/mol. The monoisotopic (exact) mass is 593 g/mol. The van der Waals surface area contributed by atoms with Crippen LogP contribution >= 0.6 is 11.8 Å². The van der Waals surface area contributed by atoms with E-state index in [1.54, 1.807) is 14.2 Å². The third-order valence-corrected chi connectivity index (χ3v) is 9.62. The fourth-order valence-corrected chi connectivity index (χ4v) is 6.90. The Morgan fingerprint density at radius 1 is 1.10 bits per heavy atom. The van der Waals surface area contributed by atoms with Crippen LogP contribution in [0.2, 0.25) is 0 Å². The number of likely N-dealkylation sites (tertiary alicyclic amines) is 1. The zero-order valence-electron chi connectivity index (χ0n) is 25.4. The van der Waals surface area contributed by atoms with Gasteiger partial charge in [-0.15, -0.1) is 11.8 Å². The van der Waals surface area contributed by atoms with Crippen molar-refractivity contribution < 1.29 is 19.0 Å². The largest absolute Gasteiger partial charge is 0.464 e. The summed E-state index contributed by atoms with van der Waals surface area (Å²) >= 11 is 1.90. The zero-order chi connectivity index (χ0) is 30.1. The predicted molar refractivity (Wildman–Crippen MR) is 169 cm³/mol. The van der Waals surface area contributed by atoms with Gasteiger partial charge in [-0.3, -0.25) is 14.7 Å². The Hall–Kier alpha value is -2.98. The average Bonchev–Trinajstić information content (AvgIpc) is 3.04. The molecular weight excluding hydrogens is 550 g/mol. The number of ether oxygens (including phenoxy) is 3. The lowest BCUT2D eigenvalue weighted by Crippen LogP contribution is -2.37. The molecule has 8 nitrogen and oxygen atoms in total. The van der Waals surface area contributed by atoms with Crippen molar-refractivity contribution in [3.8, 4) is 0 Å². The van der Waals surface area contributed by atoms with Gasteiger partial charge in [0.2, 0.25) is 0 Å². The molecule has 9 heteroatoms. The van der Waals surface area contributed by atoms with Gasteiger partial charge in [0.15, 0.2) is 11.7 Å². The van der Waals surface area contributed by atoms with Crippen molar-refractivity contribution in [1.29, 1.82) is 0 Å². The Balaban J connectivity index is 1.51. The molecule has 2 aromatic heterocycles. The topological polar surface area (TPSA) is 82.9 Å². The molecule has 226 valence electrons. The second-order valence-corrected chi connectivity index (χ2v) is 12.0. The number of hydrogen-bond acceptors (Lipinski definition) is 8. The van der Waals surface area contributed by atoms with E-state index < -0.39 is 12.3 Å². The number of pyridine rings is 2. The molecule has 0 bridgehead atoms. The fourth-order valence-electron chi connectivity index (χ4n) is 5.71. The van der Waals surface area contributed by atoms with Crippen LogP contribution in [0.4, 0.5) is 0 Å². The predicted octanol–water partition coefficient (Wildman–Crippen LogP) is 5.84. The molecule has 3 heterocycles. The number of aromatic nitrogens is 2. The van der Waals surface area contributed by atoms with E-state index in [2.05, 4.69) is 41.9 Å². The molecule has 0 amide bonds. The Morgan fingerprint density at radius 2 is 1.81 bits per heavy atom. The van der Waals surface area contributed by atoms with E-state index in [4.69, 9.17) is 14.2 Å². The normalized spacial score (nSPS) is 15.8. The molecule has 1 fully saturated rings.